The van der Waals surface area contributed by atoms with Crippen molar-refractivity contribution in [1.29, 1.82) is 0 Å². The fourth-order valence-electron chi connectivity index (χ4n) is 2.01. The highest BCUT2D eigenvalue weighted by Crippen LogP contribution is 2.18. The van der Waals surface area contributed by atoms with Crippen molar-refractivity contribution in [3.05, 3.63) is 29.6 Å². The van der Waals surface area contributed by atoms with Gasteiger partial charge in [-0.25, -0.2) is 4.39 Å². The van der Waals surface area contributed by atoms with E-state index >= 15 is 0 Å². The zero-order valence-corrected chi connectivity index (χ0v) is 12.5. The molecule has 0 aliphatic heterocycles. The normalized spacial score (nSPS) is 12.2. The van der Waals surface area contributed by atoms with Crippen LogP contribution < -0.4 is 11.1 Å². The number of rotatable bonds is 8. The van der Waals surface area contributed by atoms with Gasteiger partial charge in [0.15, 0.2) is 0 Å². The van der Waals surface area contributed by atoms with E-state index in [9.17, 15) is 4.39 Å². The van der Waals surface area contributed by atoms with Gasteiger partial charge >= 0.3 is 0 Å². The Balaban J connectivity index is 2.59. The number of anilines is 1. The van der Waals surface area contributed by atoms with Crippen LogP contribution in [0.1, 0.15) is 45.1 Å². The van der Waals surface area contributed by atoms with Crippen LogP contribution in [0.4, 0.5) is 10.1 Å². The van der Waals surface area contributed by atoms with Gasteiger partial charge < -0.3 is 11.1 Å². The van der Waals surface area contributed by atoms with Gasteiger partial charge in [-0.3, -0.25) is 0 Å². The van der Waals surface area contributed by atoms with Crippen molar-refractivity contribution >= 4 is 22.9 Å². The Hall–Kier alpha value is -1.16. The first kappa shape index (κ1) is 15.9. The molecule has 1 unspecified atom stereocenters. The second kappa shape index (κ2) is 8.10. The zero-order valence-electron chi connectivity index (χ0n) is 11.7. The molecule has 1 rings (SSSR count). The van der Waals surface area contributed by atoms with Gasteiger partial charge in [0.2, 0.25) is 0 Å². The number of nitrogens with two attached hydrogens (primary N) is 1. The molecule has 0 bridgehead atoms. The van der Waals surface area contributed by atoms with Crippen molar-refractivity contribution < 1.29 is 4.39 Å². The minimum Gasteiger partial charge on any atom is -0.389 e. The minimum atomic E-state index is -0.296. The summed E-state index contributed by atoms with van der Waals surface area (Å²) in [6, 6.07) is 4.84. The number of halogens is 1. The van der Waals surface area contributed by atoms with Crippen molar-refractivity contribution in [2.24, 2.45) is 11.7 Å². The van der Waals surface area contributed by atoms with E-state index < -0.39 is 0 Å². The summed E-state index contributed by atoms with van der Waals surface area (Å²) >= 11 is 4.83. The van der Waals surface area contributed by atoms with Crippen molar-refractivity contribution in [2.45, 2.75) is 39.5 Å². The molecule has 4 heteroatoms. The predicted octanol–water partition coefficient (Wildman–Crippen LogP) is 4.09. The molecule has 106 valence electrons. The average Bonchev–Trinajstić information content (AvgIpc) is 2.40. The molecule has 1 aromatic rings. The fourth-order valence-corrected chi connectivity index (χ4v) is 2.14. The lowest BCUT2D eigenvalue weighted by Crippen LogP contribution is -2.15. The summed E-state index contributed by atoms with van der Waals surface area (Å²) in [5.74, 6) is 0.297. The lowest BCUT2D eigenvalue weighted by molar-refractivity contribution is 0.471. The van der Waals surface area contributed by atoms with E-state index in [1.54, 1.807) is 12.1 Å². The number of hydrogen-bond donors (Lipinski definition) is 2. The molecular weight excluding hydrogens is 259 g/mol. The average molecular weight is 282 g/mol. The molecule has 0 heterocycles. The molecule has 1 aromatic carbocycles. The molecule has 19 heavy (non-hydrogen) atoms. The van der Waals surface area contributed by atoms with E-state index in [1.807, 2.05) is 0 Å². The summed E-state index contributed by atoms with van der Waals surface area (Å²) in [5, 5.41) is 3.18. The van der Waals surface area contributed by atoms with Gasteiger partial charge in [-0.1, -0.05) is 45.3 Å². The first-order valence-corrected chi connectivity index (χ1v) is 7.32. The molecule has 2 nitrogen and oxygen atoms in total. The Labute approximate surface area is 120 Å². The van der Waals surface area contributed by atoms with E-state index in [2.05, 4.69) is 19.2 Å². The Morgan fingerprint density at radius 1 is 1.42 bits per heavy atom. The van der Waals surface area contributed by atoms with Gasteiger partial charge in [-0.15, -0.1) is 0 Å². The topological polar surface area (TPSA) is 38.0 Å². The quantitative estimate of drug-likeness (QED) is 0.705. The molecule has 1 atom stereocenters. The maximum absolute atomic E-state index is 13.8. The highest BCUT2D eigenvalue weighted by atomic mass is 32.1. The Kier molecular flexibility index (Phi) is 6.78. The number of benzene rings is 1. The van der Waals surface area contributed by atoms with Gasteiger partial charge in [0, 0.05) is 12.1 Å². The van der Waals surface area contributed by atoms with Gasteiger partial charge in [0.25, 0.3) is 0 Å². The predicted molar refractivity (Wildman–Crippen MR) is 84.1 cm³/mol. The molecule has 0 fully saturated rings. The minimum absolute atomic E-state index is 0.222. The van der Waals surface area contributed by atoms with E-state index in [4.69, 9.17) is 18.0 Å². The van der Waals surface area contributed by atoms with E-state index in [1.165, 1.54) is 25.3 Å². The summed E-state index contributed by atoms with van der Waals surface area (Å²) in [5.41, 5.74) is 6.56. The molecule has 0 aliphatic rings. The molecule has 0 aliphatic carbocycles. The van der Waals surface area contributed by atoms with Gasteiger partial charge in [0.05, 0.1) is 5.69 Å². The maximum atomic E-state index is 13.8. The van der Waals surface area contributed by atoms with Crippen LogP contribution in [0.25, 0.3) is 0 Å². The Morgan fingerprint density at radius 3 is 2.68 bits per heavy atom. The Bertz CT molecular complexity index is 421. The number of nitrogens with one attached hydrogen (secondary N) is 1. The van der Waals surface area contributed by atoms with Gasteiger partial charge in [-0.05, 0) is 30.5 Å². The van der Waals surface area contributed by atoms with E-state index in [-0.39, 0.29) is 10.8 Å². The van der Waals surface area contributed by atoms with Crippen molar-refractivity contribution in [3.63, 3.8) is 0 Å². The monoisotopic (exact) mass is 282 g/mol. The number of hydrogen-bond acceptors (Lipinski definition) is 2. The van der Waals surface area contributed by atoms with Crippen LogP contribution in [-0.2, 0) is 0 Å². The lowest BCUT2D eigenvalue weighted by Gasteiger charge is -2.16. The summed E-state index contributed by atoms with van der Waals surface area (Å²) in [7, 11) is 0. The van der Waals surface area contributed by atoms with Crippen LogP contribution in [-0.4, -0.2) is 11.5 Å². The van der Waals surface area contributed by atoms with Gasteiger partial charge in [0.1, 0.15) is 10.8 Å². The highest BCUT2D eigenvalue weighted by molar-refractivity contribution is 7.80. The van der Waals surface area contributed by atoms with Crippen LogP contribution in [0.15, 0.2) is 18.2 Å². The lowest BCUT2D eigenvalue weighted by atomic mass is 9.99. The molecule has 0 radical (unpaired) electrons. The molecule has 0 spiro atoms. The number of thiocarbonyl (C=S) groups is 1. The number of unbranched alkanes of at least 4 members (excludes halogenated alkanes) is 1. The highest BCUT2D eigenvalue weighted by Gasteiger charge is 2.08. The molecule has 0 saturated heterocycles. The molecule has 0 aromatic heterocycles. The van der Waals surface area contributed by atoms with Crippen LogP contribution in [0.5, 0.6) is 0 Å². The SMILES string of the molecule is CCCCC(CC)CNc1ccc(C(N)=S)cc1F. The first-order chi connectivity index (χ1) is 9.08. The summed E-state index contributed by atoms with van der Waals surface area (Å²) in [6.45, 7) is 5.17. The summed E-state index contributed by atoms with van der Waals surface area (Å²) in [4.78, 5) is 0.222. The third kappa shape index (κ3) is 5.15. The van der Waals surface area contributed by atoms with Crippen LogP contribution >= 0.6 is 12.2 Å². The van der Waals surface area contributed by atoms with Gasteiger partial charge in [-0.2, -0.15) is 0 Å². The standard InChI is InChI=1S/C15H23FN2S/c1-3-5-6-11(4-2)10-18-14-8-7-12(15(17)19)9-13(14)16/h7-9,11,18H,3-6,10H2,1-2H3,(H2,17,19). The second-order valence-corrected chi connectivity index (χ2v) is 5.30. The fraction of sp³-hybridized carbons (Fsp3) is 0.533. The third-order valence-electron chi connectivity index (χ3n) is 3.38. The van der Waals surface area contributed by atoms with E-state index in [0.717, 1.165) is 13.0 Å². The second-order valence-electron chi connectivity index (χ2n) is 4.86. The van der Waals surface area contributed by atoms with Crippen molar-refractivity contribution in [1.82, 2.24) is 0 Å². The molecule has 0 amide bonds. The van der Waals surface area contributed by atoms with Crippen molar-refractivity contribution in [2.75, 3.05) is 11.9 Å². The Morgan fingerprint density at radius 2 is 2.16 bits per heavy atom. The molecule has 0 saturated carbocycles. The first-order valence-electron chi connectivity index (χ1n) is 6.91. The third-order valence-corrected chi connectivity index (χ3v) is 3.61. The zero-order chi connectivity index (χ0) is 14.3. The maximum Gasteiger partial charge on any atom is 0.146 e. The van der Waals surface area contributed by atoms with Crippen LogP contribution in [0.2, 0.25) is 0 Å². The van der Waals surface area contributed by atoms with E-state index in [0.29, 0.717) is 17.2 Å². The molecular formula is C15H23FN2S. The molecule has 3 N–H and O–H groups in total. The van der Waals surface area contributed by atoms with Crippen molar-refractivity contribution in [3.8, 4) is 0 Å². The largest absolute Gasteiger partial charge is 0.389 e. The van der Waals surface area contributed by atoms with Crippen LogP contribution in [0, 0.1) is 11.7 Å². The smallest absolute Gasteiger partial charge is 0.146 e. The summed E-state index contributed by atoms with van der Waals surface area (Å²) < 4.78 is 13.8. The summed E-state index contributed by atoms with van der Waals surface area (Å²) in [6.07, 6.45) is 4.72. The van der Waals surface area contributed by atoms with Crippen LogP contribution in [0.3, 0.4) is 0 Å².